The maximum atomic E-state index is 11.8. The Balaban J connectivity index is 2.51. The summed E-state index contributed by atoms with van der Waals surface area (Å²) in [5.41, 5.74) is 0. The van der Waals surface area contributed by atoms with Gasteiger partial charge >= 0.3 is 0 Å². The van der Waals surface area contributed by atoms with E-state index in [-0.39, 0.29) is 24.2 Å². The molecule has 0 bridgehead atoms. The van der Waals surface area contributed by atoms with Crippen molar-refractivity contribution >= 4 is 5.91 Å². The van der Waals surface area contributed by atoms with Crippen LogP contribution in [0.15, 0.2) is 24.8 Å². The van der Waals surface area contributed by atoms with E-state index < -0.39 is 0 Å². The zero-order chi connectivity index (χ0) is 14.4. The number of allylic oxidation sites excluding steroid dienone is 1. The van der Waals surface area contributed by atoms with Gasteiger partial charge in [0.25, 0.3) is 0 Å². The lowest BCUT2D eigenvalue weighted by Crippen LogP contribution is -2.50. The Hall–Kier alpha value is -1.09. The lowest BCUT2D eigenvalue weighted by Gasteiger charge is -2.39. The second-order valence-electron chi connectivity index (χ2n) is 5.84. The fourth-order valence-electron chi connectivity index (χ4n) is 2.39. The van der Waals surface area contributed by atoms with Crippen LogP contribution >= 0.6 is 0 Å². The highest BCUT2D eigenvalue weighted by atomic mass is 16.5. The van der Waals surface area contributed by atoms with Crippen molar-refractivity contribution in [2.75, 3.05) is 0 Å². The van der Waals surface area contributed by atoms with E-state index >= 15 is 0 Å². The number of hydrogen-bond donors (Lipinski definition) is 1. The van der Waals surface area contributed by atoms with Crippen LogP contribution < -0.4 is 5.32 Å². The van der Waals surface area contributed by atoms with Gasteiger partial charge in [-0.3, -0.25) is 4.79 Å². The molecule has 0 saturated carbocycles. The topological polar surface area (TPSA) is 38.3 Å². The molecule has 1 rings (SSSR count). The van der Waals surface area contributed by atoms with E-state index in [4.69, 9.17) is 4.74 Å². The molecule has 1 N–H and O–H groups in total. The molecule has 108 valence electrons. The lowest BCUT2D eigenvalue weighted by atomic mass is 9.88. The average Bonchev–Trinajstić information content (AvgIpc) is 2.33. The Kier molecular flexibility index (Phi) is 6.29. The normalized spacial score (nSPS) is 31.6. The first-order valence-corrected chi connectivity index (χ1v) is 7.19. The second-order valence-corrected chi connectivity index (χ2v) is 5.84. The number of hydrogen-bond acceptors (Lipinski definition) is 2. The van der Waals surface area contributed by atoms with E-state index in [2.05, 4.69) is 32.7 Å². The zero-order valence-corrected chi connectivity index (χ0v) is 12.6. The van der Waals surface area contributed by atoms with Crippen molar-refractivity contribution in [2.45, 2.75) is 58.8 Å². The Morgan fingerprint density at radius 2 is 2.16 bits per heavy atom. The molecule has 0 aliphatic carbocycles. The Morgan fingerprint density at radius 1 is 1.47 bits per heavy atom. The molecule has 0 aromatic carbocycles. The molecule has 1 aliphatic heterocycles. The fraction of sp³-hybridized carbons (Fsp3) is 0.688. The van der Waals surface area contributed by atoms with Crippen molar-refractivity contribution in [3.05, 3.63) is 24.8 Å². The first-order chi connectivity index (χ1) is 8.93. The van der Waals surface area contributed by atoms with E-state index in [1.165, 1.54) is 0 Å². The van der Waals surface area contributed by atoms with Crippen LogP contribution in [0.2, 0.25) is 0 Å². The van der Waals surface area contributed by atoms with Crippen LogP contribution in [-0.4, -0.2) is 24.2 Å². The number of ether oxygens (including phenoxy) is 1. The van der Waals surface area contributed by atoms with Gasteiger partial charge in [0.2, 0.25) is 5.91 Å². The predicted molar refractivity (Wildman–Crippen MR) is 78.8 cm³/mol. The van der Waals surface area contributed by atoms with Crippen molar-refractivity contribution in [3.8, 4) is 0 Å². The van der Waals surface area contributed by atoms with Gasteiger partial charge in [0, 0.05) is 0 Å². The zero-order valence-electron chi connectivity index (χ0n) is 12.6. The molecule has 1 saturated heterocycles. The van der Waals surface area contributed by atoms with E-state index in [1.54, 1.807) is 6.08 Å². The van der Waals surface area contributed by atoms with Gasteiger partial charge in [0.1, 0.15) is 0 Å². The summed E-state index contributed by atoms with van der Waals surface area (Å²) in [5.74, 6) is 0.804. The fourth-order valence-corrected chi connectivity index (χ4v) is 2.39. The average molecular weight is 265 g/mol. The first-order valence-electron chi connectivity index (χ1n) is 7.19. The molecular weight excluding hydrogens is 238 g/mol. The SMILES string of the molecule is C=CC[C@@H]1O[C@H](C)[C@H](NC(=O)/C=C\C(C)C)C[C@@H]1C. The van der Waals surface area contributed by atoms with Gasteiger partial charge in [0.15, 0.2) is 0 Å². The summed E-state index contributed by atoms with van der Waals surface area (Å²) in [5, 5.41) is 3.04. The molecule has 0 unspecified atom stereocenters. The van der Waals surface area contributed by atoms with Crippen molar-refractivity contribution in [1.82, 2.24) is 5.32 Å². The molecule has 0 radical (unpaired) electrons. The molecule has 19 heavy (non-hydrogen) atoms. The van der Waals surface area contributed by atoms with Crippen LogP contribution in [0.3, 0.4) is 0 Å². The molecule has 3 nitrogen and oxygen atoms in total. The smallest absolute Gasteiger partial charge is 0.243 e. The third-order valence-corrected chi connectivity index (χ3v) is 3.58. The summed E-state index contributed by atoms with van der Waals surface area (Å²) in [6.45, 7) is 12.1. The number of nitrogens with one attached hydrogen (secondary N) is 1. The molecule has 4 atom stereocenters. The molecule has 3 heteroatoms. The minimum atomic E-state index is -0.0245. The first kappa shape index (κ1) is 16.0. The monoisotopic (exact) mass is 265 g/mol. The number of carbonyl (C=O) groups is 1. The van der Waals surface area contributed by atoms with Crippen LogP contribution in [-0.2, 0) is 9.53 Å². The molecule has 0 spiro atoms. The van der Waals surface area contributed by atoms with E-state index in [1.807, 2.05) is 19.1 Å². The van der Waals surface area contributed by atoms with Crippen molar-refractivity contribution in [3.63, 3.8) is 0 Å². The molecule has 1 amide bonds. The van der Waals surface area contributed by atoms with Crippen molar-refractivity contribution < 1.29 is 9.53 Å². The highest BCUT2D eigenvalue weighted by Gasteiger charge is 2.33. The number of amides is 1. The maximum absolute atomic E-state index is 11.8. The summed E-state index contributed by atoms with van der Waals surface area (Å²) in [4.78, 5) is 11.8. The van der Waals surface area contributed by atoms with Crippen LogP contribution in [0.5, 0.6) is 0 Å². The molecule has 0 aromatic rings. The van der Waals surface area contributed by atoms with Gasteiger partial charge in [-0.15, -0.1) is 6.58 Å². The summed E-state index contributed by atoms with van der Waals surface area (Å²) in [6.07, 6.45) is 7.55. The largest absolute Gasteiger partial charge is 0.373 e. The molecule has 1 aliphatic rings. The van der Waals surface area contributed by atoms with Gasteiger partial charge in [-0.25, -0.2) is 0 Å². The predicted octanol–water partition coefficient (Wildman–Crippen LogP) is 3.07. The molecule has 1 heterocycles. The molecular formula is C16H27NO2. The van der Waals surface area contributed by atoms with Crippen LogP contribution in [0.25, 0.3) is 0 Å². The minimum Gasteiger partial charge on any atom is -0.373 e. The summed E-state index contributed by atoms with van der Waals surface area (Å²) in [6, 6.07) is 0.0976. The van der Waals surface area contributed by atoms with Crippen molar-refractivity contribution in [2.24, 2.45) is 11.8 Å². The standard InChI is InChI=1S/C16H27NO2/c1-6-7-15-12(4)10-14(13(5)19-15)17-16(18)9-8-11(2)3/h6,8-9,11-15H,1,7,10H2,2-5H3,(H,17,18)/b9-8-/t12-,13+,14+,15-/m0/s1. The Labute approximate surface area is 117 Å². The van der Waals surface area contributed by atoms with Gasteiger partial charge < -0.3 is 10.1 Å². The van der Waals surface area contributed by atoms with Gasteiger partial charge in [-0.2, -0.15) is 0 Å². The maximum Gasteiger partial charge on any atom is 0.243 e. The molecule has 1 fully saturated rings. The molecule has 0 aromatic heterocycles. The summed E-state index contributed by atoms with van der Waals surface area (Å²) in [7, 11) is 0. The summed E-state index contributed by atoms with van der Waals surface area (Å²) < 4.78 is 5.97. The Morgan fingerprint density at radius 3 is 2.74 bits per heavy atom. The quantitative estimate of drug-likeness (QED) is 0.613. The van der Waals surface area contributed by atoms with Gasteiger partial charge in [-0.05, 0) is 37.7 Å². The number of rotatable bonds is 5. The highest BCUT2D eigenvalue weighted by Crippen LogP contribution is 2.27. The van der Waals surface area contributed by atoms with E-state index in [0.717, 1.165) is 12.8 Å². The van der Waals surface area contributed by atoms with E-state index in [9.17, 15) is 4.79 Å². The van der Waals surface area contributed by atoms with Crippen LogP contribution in [0, 0.1) is 11.8 Å². The second kappa shape index (κ2) is 7.49. The number of carbonyl (C=O) groups excluding carboxylic acids is 1. The van der Waals surface area contributed by atoms with Crippen molar-refractivity contribution in [1.29, 1.82) is 0 Å². The van der Waals surface area contributed by atoms with Crippen LogP contribution in [0.4, 0.5) is 0 Å². The third-order valence-electron chi connectivity index (χ3n) is 3.58. The van der Waals surface area contributed by atoms with Crippen LogP contribution in [0.1, 0.15) is 40.5 Å². The highest BCUT2D eigenvalue weighted by molar-refractivity contribution is 5.87. The van der Waals surface area contributed by atoms with Gasteiger partial charge in [0.05, 0.1) is 18.2 Å². The third kappa shape index (κ3) is 5.19. The minimum absolute atomic E-state index is 0.0245. The van der Waals surface area contributed by atoms with Gasteiger partial charge in [-0.1, -0.05) is 32.9 Å². The summed E-state index contributed by atoms with van der Waals surface area (Å²) >= 11 is 0. The lowest BCUT2D eigenvalue weighted by molar-refractivity contribution is -0.123. The van der Waals surface area contributed by atoms with E-state index in [0.29, 0.717) is 11.8 Å². The Bertz CT molecular complexity index is 336.